The molecule has 0 N–H and O–H groups in total. The third kappa shape index (κ3) is 10.2. The molecule has 0 spiro atoms. The highest BCUT2D eigenvalue weighted by atomic mass is 16.5. The molecule has 16 aromatic rings. The molecule has 3 aromatic heterocycles. The average Bonchev–Trinajstić information content (AvgIpc) is 0.850. The lowest BCUT2D eigenvalue weighted by molar-refractivity contribution is 0.0473. The van der Waals surface area contributed by atoms with Crippen LogP contribution in [-0.4, -0.2) is 42.2 Å². The van der Waals surface area contributed by atoms with Gasteiger partial charge in [0.1, 0.15) is 6.61 Å². The molecule has 0 unspecified atom stereocenters. The average molecular weight is 1260 g/mol. The van der Waals surface area contributed by atoms with E-state index in [4.69, 9.17) is 29.7 Å². The van der Waals surface area contributed by atoms with Crippen LogP contribution >= 0.6 is 0 Å². The van der Waals surface area contributed by atoms with Crippen molar-refractivity contribution in [2.75, 3.05) is 9.80 Å². The van der Waals surface area contributed by atoms with Gasteiger partial charge in [0.05, 0.1) is 33.7 Å². The first-order valence-electron chi connectivity index (χ1n) is 32.9. The normalized spacial score (nSPS) is 12.1. The first-order chi connectivity index (χ1) is 48.5. The van der Waals surface area contributed by atoms with Gasteiger partial charge in [-0.25, -0.2) is 29.7 Å². The van der Waals surface area contributed by atoms with Gasteiger partial charge in [0.2, 0.25) is 0 Å². The minimum absolute atomic E-state index is 0.0296. The van der Waals surface area contributed by atoms with Crippen LogP contribution in [0, 0.1) is 0 Å². The van der Waals surface area contributed by atoms with Gasteiger partial charge in [-0.1, -0.05) is 231 Å². The number of fused-ring (bicyclic) bond motifs is 7. The highest BCUT2D eigenvalue weighted by Gasteiger charge is 2.43. The number of aromatic nitrogens is 6. The summed E-state index contributed by atoms with van der Waals surface area (Å²) in [6.45, 7) is 0.192. The molecular weight excluding hydrogens is 1200 g/mol. The summed E-state index contributed by atoms with van der Waals surface area (Å²) in [5.74, 6) is 1.75. The van der Waals surface area contributed by atoms with E-state index in [2.05, 4.69) is 215 Å². The number of hydrogen-bond donors (Lipinski definition) is 0. The summed E-state index contributed by atoms with van der Waals surface area (Å²) >= 11 is 0. The number of rotatable bonds is 13. The fourth-order valence-electron chi connectivity index (χ4n) is 14.3. The van der Waals surface area contributed by atoms with E-state index in [0.29, 0.717) is 34.6 Å². The number of benzene rings is 13. The van der Waals surface area contributed by atoms with Crippen molar-refractivity contribution in [2.45, 2.75) is 6.61 Å². The van der Waals surface area contributed by atoms with Crippen LogP contribution in [0.2, 0.25) is 0 Å². The van der Waals surface area contributed by atoms with Gasteiger partial charge in [0, 0.05) is 78.3 Å². The second kappa shape index (κ2) is 24.3. The standard InChI is InChI=1S/C87H57BN8O2/c97-87(98-56-57-25-6-1-7-26-57)65-48-50-76-69(54-65)68-39-16-19-42-75(68)96(76)77-49-47-64(86-92-83(59-29-10-3-11-30-59)91-84(93-86)60-31-12-4-13-32-60)53-70(77)74-55-73(58-27-8-2-9-28-58)89-85(90-74)63-35-22-33-61(51-63)62-34-23-38-67(52-62)95-79-44-21-18-41-72(79)88-71-40-17-20-43-78(71)94(66-36-14-5-15-37-66)80-45-24-46-81(95)82(80)88/h1-55H,56H2. The van der Waals surface area contributed by atoms with Gasteiger partial charge >= 0.3 is 5.97 Å². The van der Waals surface area contributed by atoms with E-state index in [1.165, 1.54) is 27.8 Å². The van der Waals surface area contributed by atoms with Crippen LogP contribution in [0.15, 0.2) is 334 Å². The van der Waals surface area contributed by atoms with Crippen molar-refractivity contribution in [2.24, 2.45) is 0 Å². The monoisotopic (exact) mass is 1260 g/mol. The maximum absolute atomic E-state index is 13.9. The van der Waals surface area contributed by atoms with Crippen molar-refractivity contribution in [1.82, 2.24) is 29.5 Å². The first kappa shape index (κ1) is 57.5. The van der Waals surface area contributed by atoms with Crippen molar-refractivity contribution in [3.05, 3.63) is 345 Å². The predicted octanol–water partition coefficient (Wildman–Crippen LogP) is 18.9. The zero-order valence-electron chi connectivity index (χ0n) is 52.9. The van der Waals surface area contributed by atoms with Gasteiger partial charge in [-0.05, 0) is 136 Å². The molecule has 2 aliphatic rings. The minimum Gasteiger partial charge on any atom is -0.457 e. The topological polar surface area (TPSA) is 102 Å². The van der Waals surface area contributed by atoms with Crippen LogP contribution in [-0.2, 0) is 11.3 Å². The first-order valence-corrected chi connectivity index (χ1v) is 32.9. The van der Waals surface area contributed by atoms with Gasteiger partial charge < -0.3 is 19.1 Å². The summed E-state index contributed by atoms with van der Waals surface area (Å²) in [5, 5.41) is 1.87. The maximum atomic E-state index is 13.9. The molecule has 0 aliphatic carbocycles. The Morgan fingerprint density at radius 2 is 0.806 bits per heavy atom. The number of ether oxygens (including phenoxy) is 1. The third-order valence-electron chi connectivity index (χ3n) is 18.8. The second-order valence-electron chi connectivity index (χ2n) is 24.6. The maximum Gasteiger partial charge on any atom is 0.338 e. The third-order valence-corrected chi connectivity index (χ3v) is 18.8. The largest absolute Gasteiger partial charge is 0.457 e. The van der Waals surface area contributed by atoms with Gasteiger partial charge in [-0.15, -0.1) is 0 Å². The molecule has 0 atom stereocenters. The van der Waals surface area contributed by atoms with Crippen molar-refractivity contribution < 1.29 is 9.53 Å². The molecule has 2 aliphatic heterocycles. The Morgan fingerprint density at radius 3 is 1.49 bits per heavy atom. The summed E-state index contributed by atoms with van der Waals surface area (Å²) in [6, 6.07) is 115. The molecule has 18 rings (SSSR count). The molecule has 460 valence electrons. The lowest BCUT2D eigenvalue weighted by atomic mass is 9.33. The molecule has 0 radical (unpaired) electrons. The molecule has 11 heteroatoms. The van der Waals surface area contributed by atoms with E-state index in [-0.39, 0.29) is 13.3 Å². The summed E-state index contributed by atoms with van der Waals surface area (Å²) in [4.78, 5) is 45.5. The molecule has 0 saturated carbocycles. The van der Waals surface area contributed by atoms with Gasteiger partial charge in [0.15, 0.2) is 23.3 Å². The van der Waals surface area contributed by atoms with E-state index >= 15 is 0 Å². The van der Waals surface area contributed by atoms with Crippen molar-refractivity contribution in [3.8, 4) is 84.9 Å². The molecule has 0 saturated heterocycles. The Bertz CT molecular complexity index is 5700. The highest BCUT2D eigenvalue weighted by Crippen LogP contribution is 2.46. The van der Waals surface area contributed by atoms with E-state index in [0.717, 1.165) is 106 Å². The number of anilines is 6. The fourth-order valence-corrected chi connectivity index (χ4v) is 14.3. The zero-order valence-corrected chi connectivity index (χ0v) is 52.9. The quantitative estimate of drug-likeness (QED) is 0.0825. The number of para-hydroxylation sites is 4. The van der Waals surface area contributed by atoms with Crippen LogP contribution in [0.5, 0.6) is 0 Å². The summed E-state index contributed by atoms with van der Waals surface area (Å²) in [6.07, 6.45) is 0. The van der Waals surface area contributed by atoms with Crippen molar-refractivity contribution in [3.63, 3.8) is 0 Å². The minimum atomic E-state index is -0.401. The van der Waals surface area contributed by atoms with Crippen molar-refractivity contribution in [1.29, 1.82) is 0 Å². The molecule has 98 heavy (non-hydrogen) atoms. The smallest absolute Gasteiger partial charge is 0.338 e. The number of esters is 1. The van der Waals surface area contributed by atoms with Crippen molar-refractivity contribution >= 4 is 85.0 Å². The number of nitrogens with zero attached hydrogens (tertiary/aromatic N) is 8. The highest BCUT2D eigenvalue weighted by molar-refractivity contribution is 7.00. The van der Waals surface area contributed by atoms with E-state index < -0.39 is 5.97 Å². The molecule has 10 nitrogen and oxygen atoms in total. The van der Waals surface area contributed by atoms with E-state index in [1.54, 1.807) is 0 Å². The number of carbonyl (C=O) groups excluding carboxylic acids is 1. The Hall–Kier alpha value is -13.1. The lowest BCUT2D eigenvalue weighted by Gasteiger charge is -2.44. The molecule has 0 amide bonds. The Labute approximate surface area is 566 Å². The van der Waals surface area contributed by atoms with Crippen LogP contribution in [0.25, 0.3) is 107 Å². The van der Waals surface area contributed by atoms with Crippen LogP contribution in [0.1, 0.15) is 15.9 Å². The Kier molecular flexibility index (Phi) is 14.3. The van der Waals surface area contributed by atoms with Gasteiger partial charge in [-0.2, -0.15) is 0 Å². The molecule has 13 aromatic carbocycles. The lowest BCUT2D eigenvalue weighted by Crippen LogP contribution is -2.61. The molecule has 0 bridgehead atoms. The summed E-state index contributed by atoms with van der Waals surface area (Å²) in [7, 11) is 0. The Morgan fingerprint density at radius 1 is 0.327 bits per heavy atom. The van der Waals surface area contributed by atoms with Crippen LogP contribution in [0.4, 0.5) is 34.1 Å². The number of carbonyl (C=O) groups is 1. The summed E-state index contributed by atoms with van der Waals surface area (Å²) in [5.41, 5.74) is 23.2. The summed E-state index contributed by atoms with van der Waals surface area (Å²) < 4.78 is 8.18. The zero-order chi connectivity index (χ0) is 65.0. The Balaban J connectivity index is 0.796. The molecule has 0 fully saturated rings. The van der Waals surface area contributed by atoms with Crippen LogP contribution < -0.4 is 26.2 Å². The predicted molar refractivity (Wildman–Crippen MR) is 397 cm³/mol. The van der Waals surface area contributed by atoms with Crippen LogP contribution in [0.3, 0.4) is 0 Å². The van der Waals surface area contributed by atoms with Gasteiger partial charge in [0.25, 0.3) is 6.71 Å². The fraction of sp³-hybridized carbons (Fsp3) is 0.0115. The SMILES string of the molecule is O=C(OCc1ccccc1)c1ccc2c(c1)c1ccccc1n2-c1ccc(-c2nc(-c3ccccc3)nc(-c3ccccc3)n2)cc1-c1cc(-c2ccccc2)nc(-c2cccc(-c3cccc(N4c5ccccc5B5c6ccccc6N(c6ccccc6)c6cccc4c65)c3)c2)n1. The van der Waals surface area contributed by atoms with Gasteiger partial charge in [-0.3, -0.25) is 0 Å². The second-order valence-corrected chi connectivity index (χ2v) is 24.6. The number of hydrogen-bond acceptors (Lipinski definition) is 9. The molecular formula is C87H57BN8O2. The van der Waals surface area contributed by atoms with E-state index in [9.17, 15) is 4.79 Å². The van der Waals surface area contributed by atoms with E-state index in [1.807, 2.05) is 133 Å². The molecule has 5 heterocycles.